The predicted molar refractivity (Wildman–Crippen MR) is 84.5 cm³/mol. The third-order valence-corrected chi connectivity index (χ3v) is 3.84. The molecule has 0 saturated heterocycles. The number of benzene rings is 2. The molecular formula is C18H15NO4. The number of rotatable bonds is 4. The minimum absolute atomic E-state index is 0.0832. The van der Waals surface area contributed by atoms with Gasteiger partial charge in [-0.15, -0.1) is 0 Å². The fraction of sp³-hybridized carbons (Fsp3) is 0.167. The summed E-state index contributed by atoms with van der Waals surface area (Å²) in [6.07, 6.45) is 0. The molecule has 1 N–H and O–H groups in total. The molecule has 1 amide bonds. The van der Waals surface area contributed by atoms with E-state index in [0.717, 1.165) is 11.3 Å². The molecule has 2 aromatic rings. The summed E-state index contributed by atoms with van der Waals surface area (Å²) in [4.78, 5) is 35.6. The first-order valence-corrected chi connectivity index (χ1v) is 7.26. The van der Waals surface area contributed by atoms with Gasteiger partial charge in [0, 0.05) is 11.3 Å². The SMILES string of the molecule is C[C@@H]1C(=O)Nc2ccc(C(=O)COC(=O)c3ccccc3)cc21. The molecule has 1 heterocycles. The lowest BCUT2D eigenvalue weighted by molar-refractivity contribution is -0.116. The van der Waals surface area contributed by atoms with Crippen molar-refractivity contribution in [3.63, 3.8) is 0 Å². The molecule has 1 aliphatic heterocycles. The second-order valence-electron chi connectivity index (χ2n) is 5.38. The zero-order valence-corrected chi connectivity index (χ0v) is 12.5. The van der Waals surface area contributed by atoms with E-state index in [1.54, 1.807) is 55.5 Å². The van der Waals surface area contributed by atoms with Gasteiger partial charge in [-0.1, -0.05) is 18.2 Å². The number of Topliss-reactive ketones (excluding diaryl/α,β-unsaturated/α-hetero) is 1. The maximum Gasteiger partial charge on any atom is 0.338 e. The van der Waals surface area contributed by atoms with Crippen LogP contribution in [0, 0.1) is 0 Å². The molecule has 0 bridgehead atoms. The quantitative estimate of drug-likeness (QED) is 0.696. The predicted octanol–water partition coefficient (Wildman–Crippen LogP) is 2.78. The average molecular weight is 309 g/mol. The van der Waals surface area contributed by atoms with Crippen molar-refractivity contribution in [3.8, 4) is 0 Å². The van der Waals surface area contributed by atoms with Crippen molar-refractivity contribution in [2.75, 3.05) is 11.9 Å². The normalized spacial score (nSPS) is 15.7. The summed E-state index contributed by atoms with van der Waals surface area (Å²) in [5.41, 5.74) is 2.33. The standard InChI is InChI=1S/C18H15NO4/c1-11-14-9-13(7-8-15(14)19-17(11)21)16(20)10-23-18(22)12-5-3-2-4-6-12/h2-9,11H,10H2,1H3,(H,19,21)/t11-/m0/s1. The zero-order chi connectivity index (χ0) is 16.4. The van der Waals surface area contributed by atoms with Gasteiger partial charge in [0.25, 0.3) is 0 Å². The molecule has 1 aliphatic rings. The Morgan fingerprint density at radius 3 is 2.57 bits per heavy atom. The first kappa shape index (κ1) is 15.0. The number of hydrogen-bond donors (Lipinski definition) is 1. The highest BCUT2D eigenvalue weighted by molar-refractivity contribution is 6.05. The summed E-state index contributed by atoms with van der Waals surface area (Å²) < 4.78 is 5.04. The van der Waals surface area contributed by atoms with Crippen LogP contribution in [0.25, 0.3) is 0 Å². The van der Waals surface area contributed by atoms with Crippen molar-refractivity contribution in [3.05, 3.63) is 65.2 Å². The minimum atomic E-state index is -0.537. The molecule has 116 valence electrons. The van der Waals surface area contributed by atoms with Crippen molar-refractivity contribution in [1.29, 1.82) is 0 Å². The van der Waals surface area contributed by atoms with Gasteiger partial charge in [0.05, 0.1) is 11.5 Å². The molecule has 0 aliphatic carbocycles. The third-order valence-electron chi connectivity index (χ3n) is 3.84. The van der Waals surface area contributed by atoms with E-state index < -0.39 is 5.97 Å². The number of hydrogen-bond acceptors (Lipinski definition) is 4. The molecule has 0 spiro atoms. The highest BCUT2D eigenvalue weighted by Gasteiger charge is 2.27. The highest BCUT2D eigenvalue weighted by Crippen LogP contribution is 2.32. The van der Waals surface area contributed by atoms with E-state index in [1.165, 1.54) is 0 Å². The van der Waals surface area contributed by atoms with Crippen LogP contribution >= 0.6 is 0 Å². The molecule has 0 aromatic heterocycles. The number of fused-ring (bicyclic) bond motifs is 1. The van der Waals surface area contributed by atoms with Crippen LogP contribution in [-0.2, 0) is 9.53 Å². The molecule has 5 nitrogen and oxygen atoms in total. The van der Waals surface area contributed by atoms with Crippen LogP contribution in [0.1, 0.15) is 39.1 Å². The van der Waals surface area contributed by atoms with E-state index in [-0.39, 0.29) is 24.2 Å². The van der Waals surface area contributed by atoms with Gasteiger partial charge >= 0.3 is 5.97 Å². The number of anilines is 1. The van der Waals surface area contributed by atoms with Crippen molar-refractivity contribution >= 4 is 23.3 Å². The lowest BCUT2D eigenvalue weighted by Gasteiger charge is -2.07. The molecule has 5 heteroatoms. The van der Waals surface area contributed by atoms with Gasteiger partial charge in [0.1, 0.15) is 0 Å². The van der Waals surface area contributed by atoms with Gasteiger partial charge in [0.2, 0.25) is 5.91 Å². The Kier molecular flexibility index (Phi) is 3.93. The summed E-state index contributed by atoms with van der Waals surface area (Å²) in [5.74, 6) is -1.21. The molecule has 3 rings (SSSR count). The summed E-state index contributed by atoms with van der Waals surface area (Å²) in [6, 6.07) is 13.5. The second kappa shape index (κ2) is 6.04. The number of amides is 1. The Morgan fingerprint density at radius 2 is 1.83 bits per heavy atom. The van der Waals surface area contributed by atoms with Crippen LogP contribution in [-0.4, -0.2) is 24.3 Å². The van der Waals surface area contributed by atoms with Gasteiger partial charge in [-0.05, 0) is 42.8 Å². The van der Waals surface area contributed by atoms with Gasteiger partial charge in [-0.3, -0.25) is 9.59 Å². The highest BCUT2D eigenvalue weighted by atomic mass is 16.5. The lowest BCUT2D eigenvalue weighted by Crippen LogP contribution is -2.14. The molecule has 0 saturated carbocycles. The smallest absolute Gasteiger partial charge is 0.338 e. The van der Waals surface area contributed by atoms with Crippen molar-refractivity contribution in [2.45, 2.75) is 12.8 Å². The fourth-order valence-corrected chi connectivity index (χ4v) is 2.46. The fourth-order valence-electron chi connectivity index (χ4n) is 2.46. The summed E-state index contributed by atoms with van der Waals surface area (Å²) in [7, 11) is 0. The molecule has 2 aromatic carbocycles. The molecule has 0 radical (unpaired) electrons. The molecule has 1 atom stereocenters. The van der Waals surface area contributed by atoms with Crippen LogP contribution in [0.15, 0.2) is 48.5 Å². The van der Waals surface area contributed by atoms with Gasteiger partial charge < -0.3 is 10.1 Å². The summed E-state index contributed by atoms with van der Waals surface area (Å²) in [5, 5.41) is 2.75. The summed E-state index contributed by atoms with van der Waals surface area (Å²) in [6.45, 7) is 1.45. The number of esters is 1. The van der Waals surface area contributed by atoms with Crippen LogP contribution < -0.4 is 5.32 Å². The van der Waals surface area contributed by atoms with E-state index in [9.17, 15) is 14.4 Å². The Hall–Kier alpha value is -2.95. The van der Waals surface area contributed by atoms with Gasteiger partial charge in [0.15, 0.2) is 12.4 Å². The Morgan fingerprint density at radius 1 is 1.09 bits per heavy atom. The first-order chi connectivity index (χ1) is 11.1. The monoisotopic (exact) mass is 309 g/mol. The van der Waals surface area contributed by atoms with Gasteiger partial charge in [-0.25, -0.2) is 4.79 Å². The second-order valence-corrected chi connectivity index (χ2v) is 5.38. The number of ether oxygens (including phenoxy) is 1. The average Bonchev–Trinajstić information content (AvgIpc) is 2.87. The van der Waals surface area contributed by atoms with Crippen molar-refractivity contribution < 1.29 is 19.1 Å². The van der Waals surface area contributed by atoms with E-state index in [2.05, 4.69) is 5.32 Å². The number of nitrogens with one attached hydrogen (secondary N) is 1. The van der Waals surface area contributed by atoms with E-state index >= 15 is 0 Å². The third kappa shape index (κ3) is 2.99. The Balaban J connectivity index is 1.68. The first-order valence-electron chi connectivity index (χ1n) is 7.26. The topological polar surface area (TPSA) is 72.5 Å². The van der Waals surface area contributed by atoms with Crippen molar-refractivity contribution in [1.82, 2.24) is 0 Å². The number of ketones is 1. The summed E-state index contributed by atoms with van der Waals surface area (Å²) >= 11 is 0. The molecule has 0 unspecified atom stereocenters. The van der Waals surface area contributed by atoms with Crippen LogP contribution in [0.2, 0.25) is 0 Å². The van der Waals surface area contributed by atoms with Crippen molar-refractivity contribution in [2.24, 2.45) is 0 Å². The van der Waals surface area contributed by atoms with Crippen LogP contribution in [0.4, 0.5) is 5.69 Å². The van der Waals surface area contributed by atoms with E-state index in [1.807, 2.05) is 0 Å². The van der Waals surface area contributed by atoms with Crippen LogP contribution in [0.5, 0.6) is 0 Å². The molecule has 23 heavy (non-hydrogen) atoms. The molecular weight excluding hydrogens is 294 g/mol. The largest absolute Gasteiger partial charge is 0.454 e. The Bertz CT molecular complexity index is 783. The van der Waals surface area contributed by atoms with E-state index in [4.69, 9.17) is 4.74 Å². The Labute approximate surface area is 133 Å². The van der Waals surface area contributed by atoms with Crippen LogP contribution in [0.3, 0.4) is 0 Å². The lowest BCUT2D eigenvalue weighted by atomic mass is 9.99. The molecule has 0 fully saturated rings. The minimum Gasteiger partial charge on any atom is -0.454 e. The maximum atomic E-state index is 12.2. The zero-order valence-electron chi connectivity index (χ0n) is 12.5. The number of carbonyl (C=O) groups is 3. The van der Waals surface area contributed by atoms with E-state index in [0.29, 0.717) is 11.1 Å². The number of carbonyl (C=O) groups excluding carboxylic acids is 3. The maximum absolute atomic E-state index is 12.2. The van der Waals surface area contributed by atoms with Gasteiger partial charge in [-0.2, -0.15) is 0 Å².